The van der Waals surface area contributed by atoms with Crippen LogP contribution in [-0.4, -0.2) is 4.57 Å². The van der Waals surface area contributed by atoms with Crippen LogP contribution in [0.25, 0.3) is 0 Å². The lowest BCUT2D eigenvalue weighted by Crippen LogP contribution is -2.30. The lowest BCUT2D eigenvalue weighted by atomic mass is 10.0. The highest BCUT2D eigenvalue weighted by Crippen LogP contribution is 2.13. The van der Waals surface area contributed by atoms with Crippen LogP contribution in [-0.2, 0) is 13.1 Å². The third-order valence-electron chi connectivity index (χ3n) is 5.46. The Hall–Kier alpha value is -0.790. The highest BCUT2D eigenvalue weighted by molar-refractivity contribution is 4.66. The highest BCUT2D eigenvalue weighted by Gasteiger charge is 2.03. The molecule has 0 aromatic carbocycles. The zero-order chi connectivity index (χ0) is 18.9. The molecule has 0 fully saturated rings. The van der Waals surface area contributed by atoms with E-state index in [0.29, 0.717) is 0 Å². The predicted molar refractivity (Wildman–Crippen MR) is 114 cm³/mol. The molecule has 1 rings (SSSR count). The summed E-state index contributed by atoms with van der Waals surface area (Å²) >= 11 is 0. The van der Waals surface area contributed by atoms with Crippen LogP contribution in [0.15, 0.2) is 18.7 Å². The zero-order valence-electron chi connectivity index (χ0n) is 18.2. The van der Waals surface area contributed by atoms with Crippen molar-refractivity contribution in [1.29, 1.82) is 0 Å². The molecule has 1 heterocycles. The summed E-state index contributed by atoms with van der Waals surface area (Å²) in [5.74, 6) is 0.885. The number of imidazole rings is 1. The topological polar surface area (TPSA) is 8.81 Å². The maximum absolute atomic E-state index is 2.38. The molecular weight excluding hydrogens is 316 g/mol. The molecule has 0 aliphatic rings. The number of rotatable bonds is 18. The molecule has 0 amide bonds. The van der Waals surface area contributed by atoms with Crippen LogP contribution in [0.2, 0.25) is 0 Å². The SMILES string of the molecule is CCCCCCC[n+]1ccn(CCCCCCCCCCCC(C)C)c1. The molecule has 152 valence electrons. The molecule has 0 aliphatic carbocycles. The number of nitrogens with zero attached hydrogens (tertiary/aromatic N) is 2. The van der Waals surface area contributed by atoms with Crippen LogP contribution in [0.4, 0.5) is 0 Å². The van der Waals surface area contributed by atoms with Crippen molar-refractivity contribution in [3.63, 3.8) is 0 Å². The Morgan fingerprint density at radius 1 is 0.731 bits per heavy atom. The number of hydrogen-bond donors (Lipinski definition) is 0. The Balaban J connectivity index is 1.89. The number of aromatic nitrogens is 2. The first kappa shape index (κ1) is 23.2. The van der Waals surface area contributed by atoms with Gasteiger partial charge in [0, 0.05) is 0 Å². The fourth-order valence-corrected chi connectivity index (χ4v) is 3.69. The van der Waals surface area contributed by atoms with Gasteiger partial charge in [0.25, 0.3) is 0 Å². The average molecular weight is 364 g/mol. The van der Waals surface area contributed by atoms with Crippen LogP contribution in [0.3, 0.4) is 0 Å². The molecule has 2 nitrogen and oxygen atoms in total. The van der Waals surface area contributed by atoms with E-state index < -0.39 is 0 Å². The largest absolute Gasteiger partial charge is 0.243 e. The average Bonchev–Trinajstić information content (AvgIpc) is 3.07. The lowest BCUT2D eigenvalue weighted by Gasteiger charge is -2.04. The molecule has 1 aromatic heterocycles. The van der Waals surface area contributed by atoms with E-state index >= 15 is 0 Å². The minimum Gasteiger partial charge on any atom is -0.237 e. The molecule has 0 bridgehead atoms. The van der Waals surface area contributed by atoms with Gasteiger partial charge in [-0.05, 0) is 31.6 Å². The normalized spacial score (nSPS) is 11.5. The monoisotopic (exact) mass is 363 g/mol. The Morgan fingerprint density at radius 3 is 1.96 bits per heavy atom. The van der Waals surface area contributed by atoms with Crippen molar-refractivity contribution >= 4 is 0 Å². The van der Waals surface area contributed by atoms with Crippen LogP contribution in [0.1, 0.15) is 117 Å². The maximum Gasteiger partial charge on any atom is 0.243 e. The van der Waals surface area contributed by atoms with Crippen molar-refractivity contribution in [2.45, 2.75) is 130 Å². The molecule has 0 spiro atoms. The zero-order valence-corrected chi connectivity index (χ0v) is 18.2. The van der Waals surface area contributed by atoms with Crippen molar-refractivity contribution in [3.8, 4) is 0 Å². The van der Waals surface area contributed by atoms with Crippen molar-refractivity contribution in [2.24, 2.45) is 5.92 Å². The van der Waals surface area contributed by atoms with Crippen molar-refractivity contribution in [3.05, 3.63) is 18.7 Å². The second-order valence-electron chi connectivity index (χ2n) is 8.67. The minimum atomic E-state index is 0.885. The van der Waals surface area contributed by atoms with E-state index in [2.05, 4.69) is 48.6 Å². The third kappa shape index (κ3) is 13.4. The Labute approximate surface area is 164 Å². The smallest absolute Gasteiger partial charge is 0.237 e. The summed E-state index contributed by atoms with van der Waals surface area (Å²) in [6.07, 6.45) is 27.9. The van der Waals surface area contributed by atoms with Gasteiger partial charge in [0.15, 0.2) is 0 Å². The summed E-state index contributed by atoms with van der Waals surface area (Å²) in [5, 5.41) is 0. The van der Waals surface area contributed by atoms with Crippen LogP contribution < -0.4 is 4.57 Å². The summed E-state index contributed by atoms with van der Waals surface area (Å²) in [7, 11) is 0. The molecule has 0 atom stereocenters. The van der Waals surface area contributed by atoms with Gasteiger partial charge in [-0.2, -0.15) is 0 Å². The van der Waals surface area contributed by atoms with Crippen molar-refractivity contribution < 1.29 is 4.57 Å². The maximum atomic E-state index is 2.38. The Kier molecular flexibility index (Phi) is 14.7. The summed E-state index contributed by atoms with van der Waals surface area (Å²) in [4.78, 5) is 0. The summed E-state index contributed by atoms with van der Waals surface area (Å²) in [6, 6.07) is 0. The molecule has 0 aliphatic heterocycles. The van der Waals surface area contributed by atoms with Gasteiger partial charge in [-0.25, -0.2) is 9.13 Å². The first-order chi connectivity index (χ1) is 12.7. The molecule has 0 unspecified atom stereocenters. The molecule has 0 radical (unpaired) electrons. The van der Waals surface area contributed by atoms with Crippen molar-refractivity contribution in [2.75, 3.05) is 0 Å². The lowest BCUT2D eigenvalue weighted by molar-refractivity contribution is -0.696. The van der Waals surface area contributed by atoms with Gasteiger partial charge in [0.2, 0.25) is 6.33 Å². The first-order valence-electron chi connectivity index (χ1n) is 11.8. The number of hydrogen-bond acceptors (Lipinski definition) is 0. The Morgan fingerprint density at radius 2 is 1.31 bits per heavy atom. The van der Waals surface area contributed by atoms with Gasteiger partial charge in [-0.15, -0.1) is 0 Å². The molecule has 0 saturated carbocycles. The van der Waals surface area contributed by atoms with Gasteiger partial charge in [0.05, 0.1) is 13.1 Å². The van der Waals surface area contributed by atoms with E-state index in [1.165, 1.54) is 109 Å². The van der Waals surface area contributed by atoms with E-state index in [0.717, 1.165) is 5.92 Å². The van der Waals surface area contributed by atoms with E-state index in [-0.39, 0.29) is 0 Å². The van der Waals surface area contributed by atoms with Crippen LogP contribution in [0.5, 0.6) is 0 Å². The summed E-state index contributed by atoms with van der Waals surface area (Å²) in [6.45, 7) is 9.33. The van der Waals surface area contributed by atoms with Crippen LogP contribution >= 0.6 is 0 Å². The standard InChI is InChI=1S/C24H47N2/c1-4-5-6-13-16-19-25-21-22-26(23-25)20-17-14-11-9-7-8-10-12-15-18-24(2)3/h21-24H,4-20H2,1-3H3/q+1. The molecule has 2 heteroatoms. The van der Waals surface area contributed by atoms with Crippen molar-refractivity contribution in [1.82, 2.24) is 4.57 Å². The molecule has 26 heavy (non-hydrogen) atoms. The van der Waals surface area contributed by atoms with Gasteiger partial charge in [-0.3, -0.25) is 0 Å². The van der Waals surface area contributed by atoms with Gasteiger partial charge in [0.1, 0.15) is 12.4 Å². The fourth-order valence-electron chi connectivity index (χ4n) is 3.69. The predicted octanol–water partition coefficient (Wildman–Crippen LogP) is 7.30. The van der Waals surface area contributed by atoms with Gasteiger partial charge in [-0.1, -0.05) is 91.4 Å². The highest BCUT2D eigenvalue weighted by atomic mass is 15.1. The number of aryl methyl sites for hydroxylation is 2. The van der Waals surface area contributed by atoms with E-state index in [1.54, 1.807) is 0 Å². The van der Waals surface area contributed by atoms with Gasteiger partial charge < -0.3 is 0 Å². The van der Waals surface area contributed by atoms with E-state index in [1.807, 2.05) is 0 Å². The van der Waals surface area contributed by atoms with Crippen LogP contribution in [0, 0.1) is 5.92 Å². The molecule has 1 aromatic rings. The Bertz CT molecular complexity index is 408. The van der Waals surface area contributed by atoms with Gasteiger partial charge >= 0.3 is 0 Å². The second-order valence-corrected chi connectivity index (χ2v) is 8.67. The minimum absolute atomic E-state index is 0.885. The quantitative estimate of drug-likeness (QED) is 0.191. The van der Waals surface area contributed by atoms with E-state index in [4.69, 9.17) is 0 Å². The fraction of sp³-hybridized carbons (Fsp3) is 0.875. The second kappa shape index (κ2) is 16.4. The summed E-state index contributed by atoms with van der Waals surface area (Å²) in [5.41, 5.74) is 0. The molecule has 0 N–H and O–H groups in total. The van der Waals surface area contributed by atoms with E-state index in [9.17, 15) is 0 Å². The molecule has 0 saturated heterocycles. The number of unbranched alkanes of at least 4 members (excludes halogenated alkanes) is 12. The third-order valence-corrected chi connectivity index (χ3v) is 5.46. The first-order valence-corrected chi connectivity index (χ1v) is 11.8. The summed E-state index contributed by atoms with van der Waals surface area (Å²) < 4.78 is 4.74. The molecular formula is C24H47N2+.